The van der Waals surface area contributed by atoms with Gasteiger partial charge < -0.3 is 5.32 Å². The van der Waals surface area contributed by atoms with Gasteiger partial charge in [0.25, 0.3) is 5.91 Å². The smallest absolute Gasteiger partial charge is 0.269 e. The number of rotatable bonds is 4. The van der Waals surface area contributed by atoms with Crippen molar-refractivity contribution in [2.24, 2.45) is 5.14 Å². The van der Waals surface area contributed by atoms with Gasteiger partial charge in [0.2, 0.25) is 10.0 Å². The van der Waals surface area contributed by atoms with Crippen molar-refractivity contribution in [2.75, 3.05) is 12.3 Å². The Labute approximate surface area is 109 Å². The van der Waals surface area contributed by atoms with Crippen molar-refractivity contribution in [2.45, 2.75) is 0 Å². The summed E-state index contributed by atoms with van der Waals surface area (Å²) in [6.07, 6.45) is 3.15. The van der Waals surface area contributed by atoms with Crippen molar-refractivity contribution in [3.8, 4) is 0 Å². The Hall–Kier alpha value is -2.06. The topological polar surface area (TPSA) is 115 Å². The molecule has 2 rings (SSSR count). The molecule has 0 radical (unpaired) electrons. The highest BCUT2D eigenvalue weighted by Gasteiger charge is 2.09. The van der Waals surface area contributed by atoms with Gasteiger partial charge >= 0.3 is 0 Å². The molecule has 0 unspecified atom stereocenters. The van der Waals surface area contributed by atoms with Crippen LogP contribution in [0.15, 0.2) is 30.6 Å². The molecule has 100 valence electrons. The number of pyridine rings is 2. The van der Waals surface area contributed by atoms with Gasteiger partial charge in [0.05, 0.1) is 11.3 Å². The number of carbonyl (C=O) groups is 1. The Morgan fingerprint density at radius 2 is 2.16 bits per heavy atom. The predicted octanol–water partition coefficient (Wildman–Crippen LogP) is -0.352. The highest BCUT2D eigenvalue weighted by Crippen LogP contribution is 2.10. The van der Waals surface area contributed by atoms with Crippen LogP contribution < -0.4 is 10.5 Å². The Morgan fingerprint density at radius 3 is 2.89 bits per heavy atom. The fraction of sp³-hybridized carbons (Fsp3) is 0.182. The van der Waals surface area contributed by atoms with Crippen LogP contribution in [0.5, 0.6) is 0 Å². The lowest BCUT2D eigenvalue weighted by Crippen LogP contribution is -2.31. The average molecular weight is 280 g/mol. The first kappa shape index (κ1) is 13.4. The number of carbonyl (C=O) groups excluding carboxylic acids is 1. The van der Waals surface area contributed by atoms with Gasteiger partial charge in [-0.05, 0) is 18.2 Å². The molecule has 0 saturated heterocycles. The molecule has 3 N–H and O–H groups in total. The number of amides is 1. The molecule has 8 heteroatoms. The van der Waals surface area contributed by atoms with E-state index < -0.39 is 15.9 Å². The van der Waals surface area contributed by atoms with Gasteiger partial charge in [-0.2, -0.15) is 0 Å². The van der Waals surface area contributed by atoms with Gasteiger partial charge in [0.1, 0.15) is 5.69 Å². The van der Waals surface area contributed by atoms with Crippen LogP contribution in [0, 0.1) is 0 Å². The van der Waals surface area contributed by atoms with E-state index in [2.05, 4.69) is 15.3 Å². The zero-order valence-corrected chi connectivity index (χ0v) is 10.7. The molecule has 0 aliphatic rings. The average Bonchev–Trinajstić information content (AvgIpc) is 2.36. The summed E-state index contributed by atoms with van der Waals surface area (Å²) < 4.78 is 21.4. The van der Waals surface area contributed by atoms with Gasteiger partial charge in [-0.3, -0.25) is 14.8 Å². The monoisotopic (exact) mass is 280 g/mol. The molecule has 0 saturated carbocycles. The number of nitrogens with zero attached hydrogens (tertiary/aromatic N) is 2. The number of nitrogens with two attached hydrogens (primary N) is 1. The maximum Gasteiger partial charge on any atom is 0.269 e. The first-order valence-electron chi connectivity index (χ1n) is 5.45. The number of aromatic nitrogens is 2. The minimum absolute atomic E-state index is 0.0560. The maximum absolute atomic E-state index is 11.7. The van der Waals surface area contributed by atoms with Crippen LogP contribution in [0.1, 0.15) is 10.5 Å². The molecular weight excluding hydrogens is 268 g/mol. The molecule has 1 amide bonds. The van der Waals surface area contributed by atoms with Gasteiger partial charge in [0.15, 0.2) is 0 Å². The summed E-state index contributed by atoms with van der Waals surface area (Å²) in [5, 5.41) is 8.08. The summed E-state index contributed by atoms with van der Waals surface area (Å²) in [6.45, 7) is -0.0560. The second-order valence-electron chi connectivity index (χ2n) is 3.89. The molecule has 2 heterocycles. The number of fused-ring (bicyclic) bond motifs is 1. The predicted molar refractivity (Wildman–Crippen MR) is 69.8 cm³/mol. The van der Waals surface area contributed by atoms with Gasteiger partial charge in [0, 0.05) is 24.3 Å². The largest absolute Gasteiger partial charge is 0.350 e. The Kier molecular flexibility index (Phi) is 3.72. The summed E-state index contributed by atoms with van der Waals surface area (Å²) in [6, 6.07) is 5.15. The number of primary sulfonamides is 1. The van der Waals surface area contributed by atoms with E-state index in [0.29, 0.717) is 5.52 Å². The molecule has 19 heavy (non-hydrogen) atoms. The SMILES string of the molecule is NS(=O)(=O)CCNC(=O)c1cc2ncccc2cn1. The lowest BCUT2D eigenvalue weighted by atomic mass is 10.2. The van der Waals surface area contributed by atoms with E-state index in [-0.39, 0.29) is 18.0 Å². The van der Waals surface area contributed by atoms with Crippen molar-refractivity contribution in [1.29, 1.82) is 0 Å². The summed E-state index contributed by atoms with van der Waals surface area (Å²) in [7, 11) is -3.58. The second kappa shape index (κ2) is 5.29. The Bertz CT molecular complexity index is 715. The molecule has 2 aromatic rings. The quantitative estimate of drug-likeness (QED) is 0.794. The van der Waals surface area contributed by atoms with Crippen LogP contribution in [0.25, 0.3) is 10.9 Å². The van der Waals surface area contributed by atoms with Crippen LogP contribution in [-0.4, -0.2) is 36.6 Å². The second-order valence-corrected chi connectivity index (χ2v) is 5.62. The highest BCUT2D eigenvalue weighted by molar-refractivity contribution is 7.89. The van der Waals surface area contributed by atoms with Crippen molar-refractivity contribution in [3.05, 3.63) is 36.3 Å². The molecule has 0 atom stereocenters. The minimum atomic E-state index is -3.58. The zero-order chi connectivity index (χ0) is 13.9. The standard InChI is InChI=1S/C11H12N4O3S/c12-19(17,18)5-4-14-11(16)10-6-9-8(7-15-10)2-1-3-13-9/h1-3,6-7H,4-5H2,(H,14,16)(H2,12,17,18). The van der Waals surface area contributed by atoms with Gasteiger partial charge in [-0.25, -0.2) is 13.6 Å². The van der Waals surface area contributed by atoms with Crippen LogP contribution in [0.2, 0.25) is 0 Å². The molecule has 0 aliphatic carbocycles. The number of hydrogen-bond donors (Lipinski definition) is 2. The van der Waals surface area contributed by atoms with Crippen LogP contribution >= 0.6 is 0 Å². The van der Waals surface area contributed by atoms with E-state index in [4.69, 9.17) is 5.14 Å². The third kappa shape index (κ3) is 3.70. The molecule has 7 nitrogen and oxygen atoms in total. The van der Waals surface area contributed by atoms with Gasteiger partial charge in [-0.15, -0.1) is 0 Å². The molecule has 2 aromatic heterocycles. The summed E-state index contributed by atoms with van der Waals surface area (Å²) >= 11 is 0. The van der Waals surface area contributed by atoms with E-state index in [1.54, 1.807) is 18.3 Å². The molecule has 0 bridgehead atoms. The van der Waals surface area contributed by atoms with Crippen LogP contribution in [-0.2, 0) is 10.0 Å². The van der Waals surface area contributed by atoms with E-state index >= 15 is 0 Å². The first-order chi connectivity index (χ1) is 8.96. The van der Waals surface area contributed by atoms with E-state index in [9.17, 15) is 13.2 Å². The zero-order valence-electron chi connectivity index (χ0n) is 9.91. The van der Waals surface area contributed by atoms with Crippen molar-refractivity contribution in [1.82, 2.24) is 15.3 Å². The fourth-order valence-corrected chi connectivity index (χ4v) is 1.87. The van der Waals surface area contributed by atoms with Crippen LogP contribution in [0.4, 0.5) is 0 Å². The number of hydrogen-bond acceptors (Lipinski definition) is 5. The Morgan fingerprint density at radius 1 is 1.37 bits per heavy atom. The van der Waals surface area contributed by atoms with E-state index in [1.807, 2.05) is 6.07 Å². The lowest BCUT2D eigenvalue weighted by molar-refractivity contribution is 0.0951. The van der Waals surface area contributed by atoms with E-state index in [0.717, 1.165) is 5.39 Å². The molecule has 0 aromatic carbocycles. The molecular formula is C11H12N4O3S. The highest BCUT2D eigenvalue weighted by atomic mass is 32.2. The maximum atomic E-state index is 11.7. The minimum Gasteiger partial charge on any atom is -0.350 e. The van der Waals surface area contributed by atoms with Crippen molar-refractivity contribution >= 4 is 26.8 Å². The van der Waals surface area contributed by atoms with E-state index in [1.165, 1.54) is 6.20 Å². The molecule has 0 aliphatic heterocycles. The van der Waals surface area contributed by atoms with Crippen molar-refractivity contribution in [3.63, 3.8) is 0 Å². The van der Waals surface area contributed by atoms with Gasteiger partial charge in [-0.1, -0.05) is 0 Å². The van der Waals surface area contributed by atoms with Crippen LogP contribution in [0.3, 0.4) is 0 Å². The Balaban J connectivity index is 2.09. The lowest BCUT2D eigenvalue weighted by Gasteiger charge is -2.04. The summed E-state index contributed by atoms with van der Waals surface area (Å²) in [4.78, 5) is 19.8. The first-order valence-corrected chi connectivity index (χ1v) is 7.17. The summed E-state index contributed by atoms with van der Waals surface area (Å²) in [5.41, 5.74) is 0.828. The summed E-state index contributed by atoms with van der Waals surface area (Å²) in [5.74, 6) is -0.777. The normalized spacial score (nSPS) is 11.4. The van der Waals surface area contributed by atoms with Crippen molar-refractivity contribution < 1.29 is 13.2 Å². The molecule has 0 fully saturated rings. The number of nitrogens with one attached hydrogen (secondary N) is 1. The number of sulfonamides is 1. The third-order valence-electron chi connectivity index (χ3n) is 2.39. The third-order valence-corrected chi connectivity index (χ3v) is 3.17. The fourth-order valence-electron chi connectivity index (χ4n) is 1.49. The molecule has 0 spiro atoms.